The molecule has 0 fully saturated rings. The van der Waals surface area contributed by atoms with Gasteiger partial charge in [-0.25, -0.2) is 9.97 Å². The number of aromatic nitrogens is 6. The predicted octanol–water partition coefficient (Wildman–Crippen LogP) is 14.5. The fourth-order valence-electron chi connectivity index (χ4n) is 9.27. The molecule has 0 saturated heterocycles. The van der Waals surface area contributed by atoms with Crippen LogP contribution in [0, 0.1) is 13.8 Å². The Morgan fingerprint density at radius 1 is 0.385 bits per heavy atom. The van der Waals surface area contributed by atoms with E-state index in [-0.39, 0.29) is 0 Å². The summed E-state index contributed by atoms with van der Waals surface area (Å²) >= 11 is 0. The van der Waals surface area contributed by atoms with Gasteiger partial charge in [-0.15, -0.1) is 0 Å². The van der Waals surface area contributed by atoms with Crippen molar-refractivity contribution in [1.29, 1.82) is 0 Å². The van der Waals surface area contributed by atoms with Gasteiger partial charge in [0, 0.05) is 51.2 Å². The molecule has 0 bridgehead atoms. The number of para-hydroxylation sites is 2. The van der Waals surface area contributed by atoms with Crippen LogP contribution in [-0.2, 0) is 0 Å². The molecule has 0 aliphatic heterocycles. The smallest absolute Gasteiger partial charge is 0.160 e. The van der Waals surface area contributed by atoms with Gasteiger partial charge in [0.25, 0.3) is 0 Å². The fraction of sp³-hybridized carbons (Fsp3) is 0.0345. The van der Waals surface area contributed by atoms with Gasteiger partial charge in [-0.2, -0.15) is 0 Å². The molecule has 5 heterocycles. The van der Waals surface area contributed by atoms with E-state index in [2.05, 4.69) is 192 Å². The third-order valence-corrected chi connectivity index (χ3v) is 12.3. The Bertz CT molecular complexity index is 3380. The lowest BCUT2D eigenvalue weighted by atomic mass is 10.0. The zero-order chi connectivity index (χ0) is 43.4. The largest absolute Gasteiger partial charge is 0.307 e. The number of aryl methyl sites for hydroxylation is 2. The van der Waals surface area contributed by atoms with E-state index in [0.717, 1.165) is 100 Å². The first-order valence-electron chi connectivity index (χ1n) is 21.9. The number of benzene rings is 7. The molecule has 308 valence electrons. The number of fused-ring (bicyclic) bond motifs is 6. The minimum absolute atomic E-state index is 0.650. The molecule has 0 aliphatic rings. The summed E-state index contributed by atoms with van der Waals surface area (Å²) in [5, 5.41) is 2.14. The number of pyridine rings is 2. The molecule has 65 heavy (non-hydrogen) atoms. The Kier molecular flexibility index (Phi) is 9.12. The van der Waals surface area contributed by atoms with Crippen LogP contribution in [0.1, 0.15) is 11.1 Å². The third-order valence-electron chi connectivity index (χ3n) is 12.3. The van der Waals surface area contributed by atoms with E-state index in [1.54, 1.807) is 0 Å². The van der Waals surface area contributed by atoms with Crippen LogP contribution >= 0.6 is 0 Å². The maximum Gasteiger partial charge on any atom is 0.160 e. The predicted molar refractivity (Wildman–Crippen MR) is 267 cm³/mol. The van der Waals surface area contributed by atoms with Crippen molar-refractivity contribution < 1.29 is 0 Å². The minimum Gasteiger partial charge on any atom is -0.307 e. The van der Waals surface area contributed by atoms with Crippen LogP contribution in [0.2, 0.25) is 0 Å². The second-order valence-corrected chi connectivity index (χ2v) is 16.5. The maximum absolute atomic E-state index is 5.44. The third kappa shape index (κ3) is 6.52. The molecule has 12 rings (SSSR count). The summed E-state index contributed by atoms with van der Waals surface area (Å²) < 4.78 is 4.78. The SMILES string of the molecule is Cc1ccc(N(c2ccc(C)cc2)c2c(-n3c4ccccc4c4ncccc43)cc(-c3cc(-c4ccccc4)nc(-c4ccccc4)n3)cc2-n2c3ccccc3c3ncccc32)cc1. The van der Waals surface area contributed by atoms with Gasteiger partial charge in [-0.05, 0) is 92.7 Å². The lowest BCUT2D eigenvalue weighted by Gasteiger charge is -2.32. The highest BCUT2D eigenvalue weighted by Gasteiger charge is 2.28. The second-order valence-electron chi connectivity index (χ2n) is 16.5. The molecule has 0 atom stereocenters. The van der Waals surface area contributed by atoms with Gasteiger partial charge < -0.3 is 14.0 Å². The summed E-state index contributed by atoms with van der Waals surface area (Å²) in [6, 6.07) is 70.6. The Morgan fingerprint density at radius 2 is 0.815 bits per heavy atom. The number of hydrogen-bond donors (Lipinski definition) is 0. The van der Waals surface area contributed by atoms with Crippen molar-refractivity contribution in [2.24, 2.45) is 0 Å². The van der Waals surface area contributed by atoms with Crippen molar-refractivity contribution in [3.05, 3.63) is 224 Å². The summed E-state index contributed by atoms with van der Waals surface area (Å²) in [6.45, 7) is 4.27. The molecule has 0 aliphatic carbocycles. The van der Waals surface area contributed by atoms with Crippen molar-refractivity contribution in [2.75, 3.05) is 4.90 Å². The van der Waals surface area contributed by atoms with E-state index in [4.69, 9.17) is 19.9 Å². The van der Waals surface area contributed by atoms with Gasteiger partial charge in [0.15, 0.2) is 5.82 Å². The van der Waals surface area contributed by atoms with Crippen LogP contribution in [0.5, 0.6) is 0 Å². The molecule has 0 spiro atoms. The van der Waals surface area contributed by atoms with E-state index in [1.165, 1.54) is 11.1 Å². The molecule has 12 aromatic rings. The monoisotopic (exact) mass is 835 g/mol. The van der Waals surface area contributed by atoms with Crippen LogP contribution in [0.15, 0.2) is 213 Å². The van der Waals surface area contributed by atoms with E-state index in [0.29, 0.717) is 5.82 Å². The molecule has 0 saturated carbocycles. The number of anilines is 3. The topological polar surface area (TPSA) is 64.7 Å². The van der Waals surface area contributed by atoms with Crippen molar-refractivity contribution in [2.45, 2.75) is 13.8 Å². The summed E-state index contributed by atoms with van der Waals surface area (Å²) in [7, 11) is 0. The van der Waals surface area contributed by atoms with Crippen molar-refractivity contribution in [1.82, 2.24) is 29.1 Å². The quantitative estimate of drug-likeness (QED) is 0.153. The van der Waals surface area contributed by atoms with E-state index >= 15 is 0 Å². The zero-order valence-electron chi connectivity index (χ0n) is 35.8. The molecular weight excluding hydrogens is 795 g/mol. The summed E-state index contributed by atoms with van der Waals surface area (Å²) in [5.74, 6) is 0.650. The van der Waals surface area contributed by atoms with Crippen LogP contribution in [-0.4, -0.2) is 29.1 Å². The lowest BCUT2D eigenvalue weighted by molar-refractivity contribution is 1.10. The normalized spacial score (nSPS) is 11.5. The van der Waals surface area contributed by atoms with Crippen LogP contribution < -0.4 is 4.90 Å². The van der Waals surface area contributed by atoms with Crippen molar-refractivity contribution in [3.8, 4) is 45.3 Å². The average molecular weight is 836 g/mol. The lowest BCUT2D eigenvalue weighted by Crippen LogP contribution is -2.17. The zero-order valence-corrected chi connectivity index (χ0v) is 35.8. The van der Waals surface area contributed by atoms with Crippen LogP contribution in [0.25, 0.3) is 89.2 Å². The molecular formula is C58H41N7. The fourth-order valence-corrected chi connectivity index (χ4v) is 9.27. The van der Waals surface area contributed by atoms with E-state index in [9.17, 15) is 0 Å². The van der Waals surface area contributed by atoms with Crippen molar-refractivity contribution >= 4 is 60.9 Å². The molecule has 7 aromatic carbocycles. The van der Waals surface area contributed by atoms with Gasteiger partial charge >= 0.3 is 0 Å². The van der Waals surface area contributed by atoms with E-state index < -0.39 is 0 Å². The minimum atomic E-state index is 0.650. The summed E-state index contributed by atoms with van der Waals surface area (Å²) in [6.07, 6.45) is 3.77. The summed E-state index contributed by atoms with van der Waals surface area (Å²) in [5.41, 5.74) is 17.7. The van der Waals surface area contributed by atoms with Gasteiger partial charge in [-0.3, -0.25) is 9.97 Å². The Hall–Kier alpha value is -8.68. The molecule has 0 N–H and O–H groups in total. The molecule has 5 aromatic heterocycles. The first-order chi connectivity index (χ1) is 32.1. The standard InChI is InChI=1S/C58H41N7/c1-38-25-29-43(30-26-38)63(44-31-27-39(2)28-32-44)57-53(64-49-21-11-9-19-45(49)55-51(64)23-13-33-59-55)35-42(36-54(57)65-50-22-12-10-20-46(50)56-52(65)24-14-34-60-56)48-37-47(40-15-5-3-6-16-40)61-58(62-48)41-17-7-4-8-18-41/h3-37H,1-2H3. The molecule has 0 unspecified atom stereocenters. The first-order valence-corrected chi connectivity index (χ1v) is 21.9. The highest BCUT2D eigenvalue weighted by atomic mass is 15.2. The molecule has 0 radical (unpaired) electrons. The highest BCUT2D eigenvalue weighted by Crippen LogP contribution is 2.48. The number of nitrogens with zero attached hydrogens (tertiary/aromatic N) is 7. The highest BCUT2D eigenvalue weighted by molar-refractivity contribution is 6.10. The van der Waals surface area contributed by atoms with Crippen LogP contribution in [0.4, 0.5) is 17.1 Å². The maximum atomic E-state index is 5.44. The van der Waals surface area contributed by atoms with E-state index in [1.807, 2.05) is 48.8 Å². The van der Waals surface area contributed by atoms with Crippen molar-refractivity contribution in [3.63, 3.8) is 0 Å². The second kappa shape index (κ2) is 15.6. The Morgan fingerprint density at radius 3 is 1.32 bits per heavy atom. The van der Waals surface area contributed by atoms with Gasteiger partial charge in [0.05, 0.1) is 61.6 Å². The molecule has 7 heteroatoms. The summed E-state index contributed by atoms with van der Waals surface area (Å²) in [4.78, 5) is 23.1. The molecule has 0 amide bonds. The van der Waals surface area contributed by atoms with Gasteiger partial charge in [-0.1, -0.05) is 132 Å². The van der Waals surface area contributed by atoms with Gasteiger partial charge in [0.2, 0.25) is 0 Å². The number of rotatable bonds is 8. The molecule has 7 nitrogen and oxygen atoms in total. The number of hydrogen-bond acceptors (Lipinski definition) is 5. The average Bonchev–Trinajstić information content (AvgIpc) is 3.88. The Balaban J connectivity index is 1.30. The van der Waals surface area contributed by atoms with Crippen LogP contribution in [0.3, 0.4) is 0 Å². The van der Waals surface area contributed by atoms with Gasteiger partial charge in [0.1, 0.15) is 0 Å². The Labute approximate surface area is 376 Å². The first kappa shape index (κ1) is 38.0.